The Kier molecular flexibility index (Phi) is 4.29. The van der Waals surface area contributed by atoms with Crippen LogP contribution in [0.3, 0.4) is 0 Å². The fraction of sp³-hybridized carbons (Fsp3) is 0.688. The van der Waals surface area contributed by atoms with Gasteiger partial charge in [0.2, 0.25) is 11.9 Å². The molecule has 1 aromatic rings. The Hall–Kier alpha value is -1.69. The van der Waals surface area contributed by atoms with Crippen LogP contribution in [0, 0.1) is 11.3 Å². The van der Waals surface area contributed by atoms with Crippen molar-refractivity contribution in [3.05, 3.63) is 18.5 Å². The van der Waals surface area contributed by atoms with Crippen molar-refractivity contribution >= 4 is 11.9 Å². The number of hydrogen-bond acceptors (Lipinski definition) is 5. The first-order chi connectivity index (χ1) is 10.6. The van der Waals surface area contributed by atoms with Crippen molar-refractivity contribution in [2.75, 3.05) is 37.7 Å². The molecule has 2 aliphatic heterocycles. The molecule has 1 spiro atoms. The Labute approximate surface area is 131 Å². The van der Waals surface area contributed by atoms with Gasteiger partial charge in [0.15, 0.2) is 0 Å². The summed E-state index contributed by atoms with van der Waals surface area (Å²) in [5.74, 6) is 1.13. The van der Waals surface area contributed by atoms with Gasteiger partial charge in [-0.15, -0.1) is 0 Å². The molecule has 2 fully saturated rings. The maximum atomic E-state index is 11.5. The summed E-state index contributed by atoms with van der Waals surface area (Å²) in [4.78, 5) is 24.2. The minimum Gasteiger partial charge on any atom is -0.396 e. The number of carbonyl (C=O) groups excluding carboxylic acids is 1. The van der Waals surface area contributed by atoms with E-state index < -0.39 is 0 Å². The van der Waals surface area contributed by atoms with Gasteiger partial charge >= 0.3 is 0 Å². The monoisotopic (exact) mass is 304 g/mol. The summed E-state index contributed by atoms with van der Waals surface area (Å²) in [5, 5.41) is 9.90. The quantitative estimate of drug-likeness (QED) is 0.880. The van der Waals surface area contributed by atoms with Crippen molar-refractivity contribution in [1.29, 1.82) is 0 Å². The van der Waals surface area contributed by atoms with Gasteiger partial charge in [0.05, 0.1) is 0 Å². The van der Waals surface area contributed by atoms with Gasteiger partial charge < -0.3 is 14.9 Å². The van der Waals surface area contributed by atoms with E-state index >= 15 is 0 Å². The molecule has 2 saturated heterocycles. The van der Waals surface area contributed by atoms with Crippen molar-refractivity contribution in [3.8, 4) is 0 Å². The molecule has 1 amide bonds. The van der Waals surface area contributed by atoms with Gasteiger partial charge in [-0.1, -0.05) is 0 Å². The summed E-state index contributed by atoms with van der Waals surface area (Å²) in [5.41, 5.74) is 0.159. The van der Waals surface area contributed by atoms with E-state index in [9.17, 15) is 9.90 Å². The first kappa shape index (κ1) is 15.2. The summed E-state index contributed by atoms with van der Waals surface area (Å²) in [6, 6.07) is 1.82. The van der Waals surface area contributed by atoms with Crippen LogP contribution in [-0.4, -0.2) is 58.7 Å². The molecular formula is C16H24N4O2. The van der Waals surface area contributed by atoms with Crippen molar-refractivity contribution in [3.63, 3.8) is 0 Å². The first-order valence-electron chi connectivity index (χ1n) is 8.03. The Morgan fingerprint density at radius 2 is 1.91 bits per heavy atom. The number of aromatic nitrogens is 2. The molecule has 6 nitrogen and oxygen atoms in total. The summed E-state index contributed by atoms with van der Waals surface area (Å²) in [6.45, 7) is 5.16. The van der Waals surface area contributed by atoms with E-state index in [1.54, 1.807) is 19.3 Å². The lowest BCUT2D eigenvalue weighted by molar-refractivity contribution is -0.132. The van der Waals surface area contributed by atoms with E-state index in [2.05, 4.69) is 14.9 Å². The minimum absolute atomic E-state index is 0.158. The van der Waals surface area contributed by atoms with Crippen LogP contribution in [0.4, 0.5) is 5.95 Å². The number of aliphatic hydroxyl groups is 1. The zero-order chi connectivity index (χ0) is 15.6. The van der Waals surface area contributed by atoms with Crippen LogP contribution in [0.1, 0.15) is 26.2 Å². The predicted molar refractivity (Wildman–Crippen MR) is 83.4 cm³/mol. The van der Waals surface area contributed by atoms with Crippen molar-refractivity contribution in [2.45, 2.75) is 26.2 Å². The molecular weight excluding hydrogens is 280 g/mol. The molecule has 22 heavy (non-hydrogen) atoms. The van der Waals surface area contributed by atoms with Crippen molar-refractivity contribution < 1.29 is 9.90 Å². The van der Waals surface area contributed by atoms with Crippen LogP contribution < -0.4 is 4.90 Å². The Balaban J connectivity index is 1.70. The van der Waals surface area contributed by atoms with Gasteiger partial charge in [-0.05, 0) is 30.7 Å². The number of nitrogens with zero attached hydrogens (tertiary/aromatic N) is 4. The lowest BCUT2D eigenvalue weighted by Crippen LogP contribution is -2.54. The molecule has 0 saturated carbocycles. The summed E-state index contributed by atoms with van der Waals surface area (Å²) < 4.78 is 0. The molecule has 120 valence electrons. The second-order valence-electron chi connectivity index (χ2n) is 6.49. The van der Waals surface area contributed by atoms with Gasteiger partial charge in [0, 0.05) is 58.0 Å². The van der Waals surface area contributed by atoms with Gasteiger partial charge in [-0.2, -0.15) is 0 Å². The van der Waals surface area contributed by atoms with E-state index in [4.69, 9.17) is 0 Å². The number of anilines is 1. The molecule has 6 heteroatoms. The Morgan fingerprint density at radius 3 is 2.50 bits per heavy atom. The van der Waals surface area contributed by atoms with Crippen molar-refractivity contribution in [2.24, 2.45) is 11.3 Å². The van der Waals surface area contributed by atoms with E-state index in [-0.39, 0.29) is 23.8 Å². The molecule has 0 bridgehead atoms. The fourth-order valence-corrected chi connectivity index (χ4v) is 3.93. The van der Waals surface area contributed by atoms with Crippen molar-refractivity contribution in [1.82, 2.24) is 14.9 Å². The minimum atomic E-state index is 0.158. The molecule has 2 aliphatic rings. The van der Waals surface area contributed by atoms with E-state index in [1.165, 1.54) is 0 Å². The van der Waals surface area contributed by atoms with Crippen LogP contribution in [0.5, 0.6) is 0 Å². The maximum Gasteiger partial charge on any atom is 0.225 e. The second kappa shape index (κ2) is 6.20. The molecule has 3 heterocycles. The van der Waals surface area contributed by atoms with E-state index in [0.29, 0.717) is 0 Å². The standard InChI is InChI=1S/C16H24N4O2/c1-13(22)19-8-3-16(4-9-19)5-10-20(11-14(16)12-21)15-17-6-2-7-18-15/h2,6-7,14,21H,3-5,8-12H2,1H3/t14-/m0/s1. The third-order valence-corrected chi connectivity index (χ3v) is 5.45. The van der Waals surface area contributed by atoms with Gasteiger partial charge in [-0.3, -0.25) is 4.79 Å². The number of hydrogen-bond donors (Lipinski definition) is 1. The number of piperidine rings is 2. The molecule has 1 atom stereocenters. The van der Waals surface area contributed by atoms with Crippen LogP contribution in [0.15, 0.2) is 18.5 Å². The number of amides is 1. The van der Waals surface area contributed by atoms with E-state index in [0.717, 1.165) is 51.4 Å². The number of aliphatic hydroxyl groups excluding tert-OH is 1. The third-order valence-electron chi connectivity index (χ3n) is 5.45. The lowest BCUT2D eigenvalue weighted by Gasteiger charge is -2.51. The average molecular weight is 304 g/mol. The molecule has 0 aliphatic carbocycles. The van der Waals surface area contributed by atoms with Gasteiger partial charge in [-0.25, -0.2) is 9.97 Å². The van der Waals surface area contributed by atoms with Crippen LogP contribution in [-0.2, 0) is 4.79 Å². The zero-order valence-corrected chi connectivity index (χ0v) is 13.1. The van der Waals surface area contributed by atoms with Crippen LogP contribution >= 0.6 is 0 Å². The molecule has 3 rings (SSSR count). The molecule has 0 aromatic carbocycles. The van der Waals surface area contributed by atoms with Gasteiger partial charge in [0.1, 0.15) is 0 Å². The highest BCUT2D eigenvalue weighted by Gasteiger charge is 2.45. The highest BCUT2D eigenvalue weighted by atomic mass is 16.3. The SMILES string of the molecule is CC(=O)N1CCC2(CC1)CCN(c1ncccn1)C[C@H]2CO. The largest absolute Gasteiger partial charge is 0.396 e. The smallest absolute Gasteiger partial charge is 0.225 e. The van der Waals surface area contributed by atoms with Gasteiger partial charge in [0.25, 0.3) is 0 Å². The lowest BCUT2D eigenvalue weighted by atomic mass is 9.64. The first-order valence-corrected chi connectivity index (χ1v) is 8.03. The number of rotatable bonds is 2. The molecule has 1 N–H and O–H groups in total. The molecule has 0 unspecified atom stereocenters. The molecule has 1 aromatic heterocycles. The molecule has 0 radical (unpaired) electrons. The topological polar surface area (TPSA) is 69.6 Å². The highest BCUT2D eigenvalue weighted by Crippen LogP contribution is 2.45. The van der Waals surface area contributed by atoms with E-state index in [1.807, 2.05) is 11.0 Å². The number of likely N-dealkylation sites (tertiary alicyclic amines) is 1. The van der Waals surface area contributed by atoms with Crippen LogP contribution in [0.2, 0.25) is 0 Å². The normalized spacial score (nSPS) is 24.5. The fourth-order valence-electron chi connectivity index (χ4n) is 3.93. The third kappa shape index (κ3) is 2.79. The Bertz CT molecular complexity index is 514. The predicted octanol–water partition coefficient (Wildman–Crippen LogP) is 0.924. The summed E-state index contributed by atoms with van der Waals surface area (Å²) in [6.07, 6.45) is 6.52. The highest BCUT2D eigenvalue weighted by molar-refractivity contribution is 5.73. The Morgan fingerprint density at radius 1 is 1.27 bits per heavy atom. The maximum absolute atomic E-state index is 11.5. The second-order valence-corrected chi connectivity index (χ2v) is 6.49. The average Bonchev–Trinajstić information content (AvgIpc) is 2.56. The summed E-state index contributed by atoms with van der Waals surface area (Å²) >= 11 is 0. The zero-order valence-electron chi connectivity index (χ0n) is 13.1. The summed E-state index contributed by atoms with van der Waals surface area (Å²) in [7, 11) is 0. The van der Waals surface area contributed by atoms with Crippen LogP contribution in [0.25, 0.3) is 0 Å². The number of carbonyl (C=O) groups is 1.